The molecule has 72 heavy (non-hydrogen) atoms. The number of β-amino-alcohol motifs (C(OH)–C–C–N with tert-alkyl or cyclic N) is 1. The maximum absolute atomic E-state index is 15.5. The van der Waals surface area contributed by atoms with Crippen LogP contribution in [0.1, 0.15) is 108 Å². The van der Waals surface area contributed by atoms with E-state index in [2.05, 4.69) is 31.2 Å². The van der Waals surface area contributed by atoms with Crippen LogP contribution in [-0.4, -0.2) is 135 Å². The third-order valence-electron chi connectivity index (χ3n) is 15.3. The molecule has 0 bridgehead atoms. The van der Waals surface area contributed by atoms with E-state index in [0.717, 1.165) is 66.5 Å². The number of nitrogens with one attached hydrogen (secondary N) is 1. The van der Waals surface area contributed by atoms with Gasteiger partial charge in [0, 0.05) is 74.3 Å². The minimum Gasteiger partial charge on any atom is -0.489 e. The van der Waals surface area contributed by atoms with Gasteiger partial charge in [0.05, 0.1) is 50.5 Å². The lowest BCUT2D eigenvalue weighted by atomic mass is 9.48. The lowest BCUT2D eigenvalue weighted by Gasteiger charge is -2.67. The number of thiazole rings is 1. The van der Waals surface area contributed by atoms with Gasteiger partial charge in [-0.25, -0.2) is 9.97 Å². The highest BCUT2D eigenvalue weighted by molar-refractivity contribution is 7.13. The van der Waals surface area contributed by atoms with Crippen LogP contribution in [0.4, 0.5) is 5.82 Å². The molecule has 2 aromatic carbocycles. The van der Waals surface area contributed by atoms with Gasteiger partial charge >= 0.3 is 0 Å². The van der Waals surface area contributed by atoms with E-state index < -0.39 is 64.4 Å². The highest BCUT2D eigenvalue weighted by Gasteiger charge is 2.68. The van der Waals surface area contributed by atoms with Crippen LogP contribution in [0.5, 0.6) is 5.75 Å². The van der Waals surface area contributed by atoms with Crippen LogP contribution >= 0.6 is 22.9 Å². The van der Waals surface area contributed by atoms with Gasteiger partial charge in [0.2, 0.25) is 23.6 Å². The van der Waals surface area contributed by atoms with E-state index in [1.54, 1.807) is 40.5 Å². The van der Waals surface area contributed by atoms with Crippen molar-refractivity contribution in [3.63, 3.8) is 0 Å². The number of hydrogen-bond acceptors (Lipinski definition) is 13. The number of aliphatic hydroxyl groups excluding tert-OH is 1. The van der Waals surface area contributed by atoms with E-state index in [0.29, 0.717) is 16.9 Å². The van der Waals surface area contributed by atoms with E-state index in [1.165, 1.54) is 11.1 Å². The van der Waals surface area contributed by atoms with Gasteiger partial charge in [-0.3, -0.25) is 24.1 Å². The molecular formula is C54H68ClN9O7S. The molecule has 4 N–H and O–H groups in total. The third-order valence-corrected chi connectivity index (χ3v) is 16.6. The number of aliphatic hydroxyl groups is 1. The SMILES string of the molecule is Cc1ncsc1-c1ccc([C@H](C)NC(=O)[C@@H]2C[C@@H](O)CN2C(=O)[C@@H](N(C(=O)COC2CC(N3CCN(c4ccc(C(N)=O)cn4)CC3)C2)C2C(C)(C)C(Oc3ccc(C#N)c(Cl)c3)C2(C)C)C(C)(C)C)cc1. The Morgan fingerprint density at radius 3 is 2.25 bits per heavy atom. The first-order chi connectivity index (χ1) is 34.0. The van der Waals surface area contributed by atoms with Crippen molar-refractivity contribution in [1.82, 2.24) is 30.0 Å². The molecule has 18 heteroatoms. The summed E-state index contributed by atoms with van der Waals surface area (Å²) < 4.78 is 13.1. The van der Waals surface area contributed by atoms with Crippen LogP contribution in [0, 0.1) is 34.5 Å². The molecule has 4 atom stereocenters. The number of halogens is 1. The van der Waals surface area contributed by atoms with Crippen molar-refractivity contribution in [3.8, 4) is 22.3 Å². The average Bonchev–Trinajstić information content (AvgIpc) is 3.94. The number of likely N-dealkylation sites (tertiary alicyclic amines) is 1. The van der Waals surface area contributed by atoms with Crippen LogP contribution in [0.15, 0.2) is 66.3 Å². The molecule has 2 saturated heterocycles. The second kappa shape index (κ2) is 20.7. The van der Waals surface area contributed by atoms with Crippen LogP contribution in [0.2, 0.25) is 5.02 Å². The molecule has 16 nitrogen and oxygen atoms in total. The van der Waals surface area contributed by atoms with E-state index in [4.69, 9.17) is 26.8 Å². The summed E-state index contributed by atoms with van der Waals surface area (Å²) in [5.74, 6) is -0.408. The fourth-order valence-corrected chi connectivity index (χ4v) is 12.9. The summed E-state index contributed by atoms with van der Waals surface area (Å²) in [6.07, 6.45) is 1.48. The minimum absolute atomic E-state index is 0.0458. The van der Waals surface area contributed by atoms with Gasteiger partial charge in [0.1, 0.15) is 42.4 Å². The lowest BCUT2D eigenvalue weighted by Crippen LogP contribution is -2.78. The topological polar surface area (TPSA) is 208 Å². The zero-order valence-corrected chi connectivity index (χ0v) is 44.3. The van der Waals surface area contributed by atoms with Gasteiger partial charge in [-0.1, -0.05) is 84.3 Å². The molecule has 8 rings (SSSR count). The number of aryl methyl sites for hydroxylation is 1. The number of pyridine rings is 1. The van der Waals surface area contributed by atoms with E-state index in [9.17, 15) is 20.0 Å². The molecule has 0 unspecified atom stereocenters. The Bertz CT molecular complexity index is 2670. The molecule has 4 aromatic rings. The Balaban J connectivity index is 0.999. The Kier molecular flexibility index (Phi) is 15.1. The molecule has 4 heterocycles. The summed E-state index contributed by atoms with van der Waals surface area (Å²) in [4.78, 5) is 74.4. The van der Waals surface area contributed by atoms with Crippen LogP contribution in [0.3, 0.4) is 0 Å². The zero-order valence-electron chi connectivity index (χ0n) is 42.7. The van der Waals surface area contributed by atoms with E-state index in [1.807, 2.05) is 98.2 Å². The molecule has 384 valence electrons. The molecule has 2 aliphatic carbocycles. The predicted molar refractivity (Wildman–Crippen MR) is 276 cm³/mol. The number of piperazine rings is 1. The van der Waals surface area contributed by atoms with E-state index in [-0.39, 0.29) is 48.6 Å². The van der Waals surface area contributed by atoms with Gasteiger partial charge < -0.3 is 40.3 Å². The first-order valence-corrected chi connectivity index (χ1v) is 26.1. The largest absolute Gasteiger partial charge is 0.489 e. The van der Waals surface area contributed by atoms with Gasteiger partial charge in [-0.2, -0.15) is 5.26 Å². The summed E-state index contributed by atoms with van der Waals surface area (Å²) in [5.41, 5.74) is 8.46. The lowest BCUT2D eigenvalue weighted by molar-refractivity contribution is -0.226. The summed E-state index contributed by atoms with van der Waals surface area (Å²) in [6, 6.07) is 15.8. The Hall–Kier alpha value is -5.64. The first-order valence-electron chi connectivity index (χ1n) is 24.8. The van der Waals surface area contributed by atoms with Crippen LogP contribution < -0.4 is 20.7 Å². The highest BCUT2D eigenvalue weighted by Crippen LogP contribution is 2.59. The van der Waals surface area contributed by atoms with Crippen LogP contribution in [-0.2, 0) is 19.1 Å². The summed E-state index contributed by atoms with van der Waals surface area (Å²) >= 11 is 8.02. The molecule has 4 amide bonds. The number of benzene rings is 2. The predicted octanol–water partition coefficient (Wildman–Crippen LogP) is 6.77. The van der Waals surface area contributed by atoms with Gasteiger partial charge in [-0.05, 0) is 67.5 Å². The number of carbonyl (C=O) groups is 4. The number of amides is 4. The fraction of sp³-hybridized carbons (Fsp3) is 0.537. The van der Waals surface area contributed by atoms with Crippen molar-refractivity contribution in [2.45, 2.75) is 130 Å². The normalized spacial score (nSPS) is 24.5. The molecule has 4 fully saturated rings. The number of primary amides is 1. The van der Waals surface area contributed by atoms with Crippen molar-refractivity contribution < 1.29 is 33.8 Å². The van der Waals surface area contributed by atoms with Gasteiger partial charge in [-0.15, -0.1) is 11.3 Å². The van der Waals surface area contributed by atoms with Crippen molar-refractivity contribution in [3.05, 3.63) is 93.7 Å². The molecule has 2 aliphatic heterocycles. The van der Waals surface area contributed by atoms with Gasteiger partial charge in [0.25, 0.3) is 0 Å². The molecule has 2 saturated carbocycles. The number of rotatable bonds is 15. The third kappa shape index (κ3) is 10.6. The average molecular weight is 1020 g/mol. The number of nitrogens with two attached hydrogens (primary N) is 1. The van der Waals surface area contributed by atoms with E-state index >= 15 is 9.59 Å². The molecule has 0 spiro atoms. The summed E-state index contributed by atoms with van der Waals surface area (Å²) in [5, 5.41) is 24.1. The van der Waals surface area contributed by atoms with Crippen molar-refractivity contribution >= 4 is 52.4 Å². The Morgan fingerprint density at radius 2 is 1.68 bits per heavy atom. The Labute approximate surface area is 431 Å². The molecule has 0 radical (unpaired) electrons. The summed E-state index contributed by atoms with van der Waals surface area (Å²) in [7, 11) is 0. The number of aromatic nitrogens is 2. The summed E-state index contributed by atoms with van der Waals surface area (Å²) in [6.45, 7) is 20.6. The smallest absolute Gasteiger partial charge is 0.250 e. The van der Waals surface area contributed by atoms with Crippen LogP contribution in [0.25, 0.3) is 10.4 Å². The highest BCUT2D eigenvalue weighted by atomic mass is 35.5. The first kappa shape index (κ1) is 52.7. The molecule has 4 aliphatic rings. The molecule has 2 aromatic heterocycles. The maximum atomic E-state index is 15.5. The maximum Gasteiger partial charge on any atom is 0.250 e. The van der Waals surface area contributed by atoms with Gasteiger partial charge in [0.15, 0.2) is 0 Å². The zero-order chi connectivity index (χ0) is 52.0. The Morgan fingerprint density at radius 1 is 1.00 bits per heavy atom. The quantitative estimate of drug-likeness (QED) is 0.113. The number of hydrogen-bond donors (Lipinski definition) is 3. The second-order valence-electron chi connectivity index (χ2n) is 22.2. The van der Waals surface area contributed by atoms with Crippen molar-refractivity contribution in [1.29, 1.82) is 5.26 Å². The standard InChI is InChI=1S/C54H68ClN9O7S/c1-31(33-10-12-34(13-11-33)45-32(2)59-30-72-45)60-48(68)42-24-38(65)28-63(42)49(69)46(52(3,4)5)64(50-53(6,7)51(54(50,8)9)71-39-16-14-35(26-56)41(55)25-39)44(66)29-70-40-22-37(23-40)61-18-20-62(21-19-61)43-17-15-36(27-58-43)47(57)67/h10-17,25,27,30-31,37-38,40,42,46,50-51,65H,18-24,28-29H2,1-9H3,(H2,57,67)(H,60,68)/t31-,37?,38+,40?,42-,46+,50?,51?/m0/s1. The number of nitrogens with zero attached hydrogens (tertiary/aromatic N) is 7. The van der Waals surface area contributed by atoms with Crippen molar-refractivity contribution in [2.75, 3.05) is 44.2 Å². The molecular weight excluding hydrogens is 954 g/mol. The number of ether oxygens (including phenoxy) is 2. The number of nitriles is 1. The minimum atomic E-state index is -1.07. The monoisotopic (exact) mass is 1020 g/mol. The number of carbonyl (C=O) groups excluding carboxylic acids is 4. The van der Waals surface area contributed by atoms with Crippen molar-refractivity contribution in [2.24, 2.45) is 22.0 Å². The second-order valence-corrected chi connectivity index (χ2v) is 23.5. The fourth-order valence-electron chi connectivity index (χ4n) is 11.9. The number of anilines is 1.